The molecule has 2 rings (SSSR count). The van der Waals surface area contributed by atoms with Crippen molar-refractivity contribution in [2.75, 3.05) is 0 Å². The molecule has 0 aliphatic rings. The number of carboxylic acid groups (broad SMARTS) is 1. The van der Waals surface area contributed by atoms with E-state index in [1.165, 1.54) is 25.1 Å². The van der Waals surface area contributed by atoms with Crippen LogP contribution in [0.3, 0.4) is 0 Å². The SMILES string of the molecule is Cc1[nH]n(-c2ccccc2C(F)(F)F)c(=O)c1CCC(=O)O. The molecule has 0 unspecified atom stereocenters. The highest BCUT2D eigenvalue weighted by Crippen LogP contribution is 2.33. The number of hydrogen-bond acceptors (Lipinski definition) is 2. The first kappa shape index (κ1) is 15.9. The number of aromatic amines is 1. The third-order valence-corrected chi connectivity index (χ3v) is 3.23. The number of benzene rings is 1. The van der Waals surface area contributed by atoms with Crippen LogP contribution in [-0.2, 0) is 17.4 Å². The smallest absolute Gasteiger partial charge is 0.418 e. The number of H-pyrrole nitrogens is 1. The fraction of sp³-hybridized carbons (Fsp3) is 0.286. The lowest BCUT2D eigenvalue weighted by Gasteiger charge is -2.12. The Hall–Kier alpha value is -2.51. The van der Waals surface area contributed by atoms with Crippen LogP contribution in [0.15, 0.2) is 29.1 Å². The van der Waals surface area contributed by atoms with Crippen LogP contribution in [-0.4, -0.2) is 20.9 Å². The number of nitrogens with zero attached hydrogens (tertiary/aromatic N) is 1. The summed E-state index contributed by atoms with van der Waals surface area (Å²) in [5, 5.41) is 11.2. The van der Waals surface area contributed by atoms with Crippen molar-refractivity contribution in [2.45, 2.75) is 25.9 Å². The van der Waals surface area contributed by atoms with E-state index in [0.29, 0.717) is 5.69 Å². The highest BCUT2D eigenvalue weighted by Gasteiger charge is 2.34. The summed E-state index contributed by atoms with van der Waals surface area (Å²) < 4.78 is 39.9. The summed E-state index contributed by atoms with van der Waals surface area (Å²) in [5.74, 6) is -1.08. The van der Waals surface area contributed by atoms with E-state index in [0.717, 1.165) is 10.7 Å². The molecule has 0 fully saturated rings. The van der Waals surface area contributed by atoms with Gasteiger partial charge in [0.2, 0.25) is 0 Å². The molecule has 8 heteroatoms. The number of carbonyl (C=O) groups is 1. The first-order chi connectivity index (χ1) is 10.2. The first-order valence-electron chi connectivity index (χ1n) is 6.40. The molecule has 5 nitrogen and oxygen atoms in total. The number of hydrogen-bond donors (Lipinski definition) is 2. The molecule has 22 heavy (non-hydrogen) atoms. The summed E-state index contributed by atoms with van der Waals surface area (Å²) in [6.45, 7) is 1.52. The Bertz CT molecular complexity index is 759. The van der Waals surface area contributed by atoms with Gasteiger partial charge in [-0.3, -0.25) is 14.7 Å². The van der Waals surface area contributed by atoms with Crippen molar-refractivity contribution in [1.82, 2.24) is 9.78 Å². The maximum Gasteiger partial charge on any atom is 0.418 e. The Morgan fingerprint density at radius 3 is 2.55 bits per heavy atom. The second kappa shape index (κ2) is 5.70. The molecule has 1 aromatic heterocycles. The molecule has 1 aromatic carbocycles. The zero-order valence-corrected chi connectivity index (χ0v) is 11.6. The molecule has 0 saturated carbocycles. The second-order valence-corrected chi connectivity index (χ2v) is 4.76. The van der Waals surface area contributed by atoms with Gasteiger partial charge in [-0.15, -0.1) is 0 Å². The van der Waals surface area contributed by atoms with Crippen molar-refractivity contribution in [3.63, 3.8) is 0 Å². The van der Waals surface area contributed by atoms with E-state index in [1.54, 1.807) is 0 Å². The number of carboxylic acids is 1. The molecule has 0 amide bonds. The molecular weight excluding hydrogens is 301 g/mol. The highest BCUT2D eigenvalue weighted by atomic mass is 19.4. The lowest BCUT2D eigenvalue weighted by molar-refractivity contribution is -0.138. The molecule has 0 spiro atoms. The van der Waals surface area contributed by atoms with E-state index in [-0.39, 0.29) is 24.1 Å². The number of para-hydroxylation sites is 1. The number of rotatable bonds is 4. The largest absolute Gasteiger partial charge is 0.481 e. The van der Waals surface area contributed by atoms with Gasteiger partial charge in [0.25, 0.3) is 5.56 Å². The van der Waals surface area contributed by atoms with Crippen molar-refractivity contribution in [1.29, 1.82) is 0 Å². The highest BCUT2D eigenvalue weighted by molar-refractivity contribution is 5.67. The molecular formula is C14H13F3N2O3. The van der Waals surface area contributed by atoms with Gasteiger partial charge in [-0.25, -0.2) is 4.68 Å². The van der Waals surface area contributed by atoms with Gasteiger partial charge >= 0.3 is 12.1 Å². The third kappa shape index (κ3) is 3.05. The second-order valence-electron chi connectivity index (χ2n) is 4.76. The van der Waals surface area contributed by atoms with Gasteiger partial charge in [0.1, 0.15) is 0 Å². The molecule has 2 aromatic rings. The standard InChI is InChI=1S/C14H13F3N2O3/c1-8-9(6-7-12(20)21)13(22)19(18-8)11-5-3-2-4-10(11)14(15,16)17/h2-5,18H,6-7H2,1H3,(H,20,21). The Morgan fingerprint density at radius 1 is 1.32 bits per heavy atom. The fourth-order valence-corrected chi connectivity index (χ4v) is 2.19. The van der Waals surface area contributed by atoms with Crippen LogP contribution in [0.1, 0.15) is 23.2 Å². The lowest BCUT2D eigenvalue weighted by atomic mass is 10.1. The maximum absolute atomic E-state index is 13.0. The molecule has 0 aliphatic heterocycles. The molecule has 0 atom stereocenters. The van der Waals surface area contributed by atoms with E-state index >= 15 is 0 Å². The van der Waals surface area contributed by atoms with Crippen molar-refractivity contribution < 1.29 is 23.1 Å². The number of aliphatic carboxylic acids is 1. The molecule has 0 saturated heterocycles. The quantitative estimate of drug-likeness (QED) is 0.910. The van der Waals surface area contributed by atoms with Crippen LogP contribution in [0, 0.1) is 6.92 Å². The van der Waals surface area contributed by atoms with Crippen LogP contribution in [0.4, 0.5) is 13.2 Å². The summed E-state index contributed by atoms with van der Waals surface area (Å²) in [5.41, 5.74) is -1.41. The van der Waals surface area contributed by atoms with Crippen LogP contribution in [0.5, 0.6) is 0 Å². The van der Waals surface area contributed by atoms with E-state index in [1.807, 2.05) is 0 Å². The van der Waals surface area contributed by atoms with Gasteiger partial charge in [-0.05, 0) is 25.5 Å². The van der Waals surface area contributed by atoms with E-state index in [9.17, 15) is 22.8 Å². The zero-order chi connectivity index (χ0) is 16.5. The molecule has 1 heterocycles. The summed E-state index contributed by atoms with van der Waals surface area (Å²) >= 11 is 0. The van der Waals surface area contributed by atoms with E-state index in [2.05, 4.69) is 5.10 Å². The Kier molecular flexibility index (Phi) is 4.11. The molecule has 0 bridgehead atoms. The summed E-state index contributed by atoms with van der Waals surface area (Å²) in [4.78, 5) is 22.8. The number of halogens is 3. The third-order valence-electron chi connectivity index (χ3n) is 3.23. The first-order valence-corrected chi connectivity index (χ1v) is 6.40. The Morgan fingerprint density at radius 2 is 1.95 bits per heavy atom. The van der Waals surface area contributed by atoms with Gasteiger partial charge < -0.3 is 5.11 Å². The van der Waals surface area contributed by atoms with Gasteiger partial charge in [0, 0.05) is 17.7 Å². The molecule has 118 valence electrons. The van der Waals surface area contributed by atoms with Gasteiger partial charge in [-0.1, -0.05) is 12.1 Å². The minimum absolute atomic E-state index is 0.0440. The van der Waals surface area contributed by atoms with Crippen LogP contribution >= 0.6 is 0 Å². The molecule has 0 aliphatic carbocycles. The van der Waals surface area contributed by atoms with Crippen molar-refractivity contribution in [2.24, 2.45) is 0 Å². The monoisotopic (exact) mass is 314 g/mol. The van der Waals surface area contributed by atoms with Crippen LogP contribution in [0.2, 0.25) is 0 Å². The minimum Gasteiger partial charge on any atom is -0.481 e. The Balaban J connectivity index is 2.54. The maximum atomic E-state index is 13.0. The number of alkyl halides is 3. The van der Waals surface area contributed by atoms with Crippen molar-refractivity contribution >= 4 is 5.97 Å². The van der Waals surface area contributed by atoms with Crippen LogP contribution < -0.4 is 5.56 Å². The lowest BCUT2D eigenvalue weighted by Crippen LogP contribution is -2.21. The minimum atomic E-state index is -4.60. The summed E-state index contributed by atoms with van der Waals surface area (Å²) in [6.07, 6.45) is -4.91. The Labute approximate surface area is 123 Å². The van der Waals surface area contributed by atoms with Crippen LogP contribution in [0.25, 0.3) is 5.69 Å². The van der Waals surface area contributed by atoms with Gasteiger partial charge in [-0.2, -0.15) is 13.2 Å². The number of aryl methyl sites for hydroxylation is 1. The summed E-state index contributed by atoms with van der Waals surface area (Å²) in [6, 6.07) is 4.69. The number of aromatic nitrogens is 2. The molecule has 0 radical (unpaired) electrons. The zero-order valence-electron chi connectivity index (χ0n) is 11.6. The van der Waals surface area contributed by atoms with Crippen molar-refractivity contribution in [3.8, 4) is 5.69 Å². The van der Waals surface area contributed by atoms with E-state index < -0.39 is 23.3 Å². The summed E-state index contributed by atoms with van der Waals surface area (Å²) in [7, 11) is 0. The van der Waals surface area contributed by atoms with Gasteiger partial charge in [0.15, 0.2) is 0 Å². The van der Waals surface area contributed by atoms with Gasteiger partial charge in [0.05, 0.1) is 11.3 Å². The average Bonchev–Trinajstić information content (AvgIpc) is 2.70. The predicted molar refractivity (Wildman–Crippen MR) is 72.1 cm³/mol. The van der Waals surface area contributed by atoms with E-state index in [4.69, 9.17) is 5.11 Å². The average molecular weight is 314 g/mol. The van der Waals surface area contributed by atoms with Crippen molar-refractivity contribution in [3.05, 3.63) is 51.4 Å². The number of nitrogens with one attached hydrogen (secondary N) is 1. The predicted octanol–water partition coefficient (Wildman–Crippen LogP) is 2.51. The molecule has 2 N–H and O–H groups in total. The topological polar surface area (TPSA) is 75.1 Å². The normalized spacial score (nSPS) is 11.6. The fourth-order valence-electron chi connectivity index (χ4n) is 2.19.